The van der Waals surface area contributed by atoms with Crippen molar-refractivity contribution in [2.75, 3.05) is 18.0 Å². The number of carbonyl (C=O) groups is 2. The number of fused-ring (bicyclic) bond motifs is 1. The predicted molar refractivity (Wildman–Crippen MR) is 99.9 cm³/mol. The van der Waals surface area contributed by atoms with Crippen molar-refractivity contribution < 1.29 is 9.59 Å². The van der Waals surface area contributed by atoms with Crippen LogP contribution in [0.3, 0.4) is 0 Å². The molecule has 3 heterocycles. The number of aromatic nitrogens is 1. The van der Waals surface area contributed by atoms with Crippen molar-refractivity contribution in [1.82, 2.24) is 9.88 Å². The largest absolute Gasteiger partial charge is 0.343 e. The van der Waals surface area contributed by atoms with E-state index in [0.29, 0.717) is 11.3 Å². The quantitative estimate of drug-likeness (QED) is 0.851. The van der Waals surface area contributed by atoms with Crippen LogP contribution in [0.25, 0.3) is 0 Å². The number of rotatable bonds is 3. The lowest BCUT2D eigenvalue weighted by atomic mass is 10.1. The van der Waals surface area contributed by atoms with Gasteiger partial charge in [0.05, 0.1) is 23.7 Å². The maximum Gasteiger partial charge on any atom is 0.260 e. The Morgan fingerprint density at radius 3 is 2.46 bits per heavy atom. The highest BCUT2D eigenvalue weighted by Gasteiger charge is 2.40. The van der Waals surface area contributed by atoms with E-state index >= 15 is 0 Å². The van der Waals surface area contributed by atoms with Crippen LogP contribution in [0.4, 0.5) is 5.69 Å². The molecule has 1 aromatic heterocycles. The summed E-state index contributed by atoms with van der Waals surface area (Å²) in [6.45, 7) is 1.64. The number of nitrogens with zero attached hydrogens (tertiary/aromatic N) is 3. The third-order valence-electron chi connectivity index (χ3n) is 5.28. The van der Waals surface area contributed by atoms with E-state index in [1.807, 2.05) is 35.2 Å². The summed E-state index contributed by atoms with van der Waals surface area (Å²) in [7, 11) is 0. The third kappa shape index (κ3) is 3.09. The maximum atomic E-state index is 13.0. The van der Waals surface area contributed by atoms with Gasteiger partial charge in [0.1, 0.15) is 0 Å². The van der Waals surface area contributed by atoms with Crippen LogP contribution in [-0.4, -0.2) is 34.8 Å². The number of benzene rings is 1. The first-order valence-corrected chi connectivity index (χ1v) is 9.37. The second-order valence-corrected chi connectivity index (χ2v) is 6.96. The number of carbonyl (C=O) groups excluding carboxylic acids is 2. The minimum absolute atomic E-state index is 0.0760. The first-order chi connectivity index (χ1) is 12.8. The molecule has 134 valence electrons. The van der Waals surface area contributed by atoms with Crippen LogP contribution in [0.15, 0.2) is 48.7 Å². The molecular formula is C21H23N3O2. The minimum atomic E-state index is -0.336. The Kier molecular flexibility index (Phi) is 4.69. The van der Waals surface area contributed by atoms with Gasteiger partial charge in [0.25, 0.3) is 5.91 Å². The summed E-state index contributed by atoms with van der Waals surface area (Å²) in [5.41, 5.74) is 2.12. The first kappa shape index (κ1) is 16.8. The fourth-order valence-corrected chi connectivity index (χ4v) is 3.95. The molecule has 1 aromatic carbocycles. The van der Waals surface area contributed by atoms with Crippen LogP contribution in [0.5, 0.6) is 0 Å². The highest BCUT2D eigenvalue weighted by molar-refractivity contribution is 6.11. The van der Waals surface area contributed by atoms with E-state index in [9.17, 15) is 9.59 Å². The lowest BCUT2D eigenvalue weighted by molar-refractivity contribution is -0.131. The highest BCUT2D eigenvalue weighted by atomic mass is 16.2. The standard InChI is InChI=1S/C21H23N3O2/c25-19(23-13-6-1-2-7-14-23)15-18-20-17(11-8-12-22-20)21(26)24(18)16-9-4-3-5-10-16/h3-5,8-12,18H,1-2,6-7,13-15H2/t18-/m0/s1. The topological polar surface area (TPSA) is 53.5 Å². The Bertz CT molecular complexity index is 798. The number of likely N-dealkylation sites (tertiary alicyclic amines) is 1. The molecule has 4 rings (SSSR count). The average molecular weight is 349 g/mol. The monoisotopic (exact) mass is 349 g/mol. The van der Waals surface area contributed by atoms with Crippen molar-refractivity contribution >= 4 is 17.5 Å². The molecular weight excluding hydrogens is 326 g/mol. The molecule has 0 saturated carbocycles. The molecule has 1 fully saturated rings. The summed E-state index contributed by atoms with van der Waals surface area (Å²) in [6.07, 6.45) is 6.48. The number of pyridine rings is 1. The molecule has 2 aliphatic rings. The summed E-state index contributed by atoms with van der Waals surface area (Å²) in [6, 6.07) is 12.8. The Morgan fingerprint density at radius 1 is 1.00 bits per heavy atom. The van der Waals surface area contributed by atoms with Gasteiger partial charge in [-0.2, -0.15) is 0 Å². The third-order valence-corrected chi connectivity index (χ3v) is 5.28. The molecule has 26 heavy (non-hydrogen) atoms. The minimum Gasteiger partial charge on any atom is -0.343 e. The van der Waals surface area contributed by atoms with Crippen molar-refractivity contribution in [3.8, 4) is 0 Å². The molecule has 0 aliphatic carbocycles. The number of anilines is 1. The normalized spacial score (nSPS) is 20.0. The SMILES string of the molecule is O=C(C[C@H]1c2ncccc2C(=O)N1c1ccccc1)N1CCCCCC1. The molecule has 0 bridgehead atoms. The Labute approximate surface area is 153 Å². The average Bonchev–Trinajstić information content (AvgIpc) is 2.86. The van der Waals surface area contributed by atoms with Gasteiger partial charge in [0.15, 0.2) is 0 Å². The number of para-hydroxylation sites is 1. The van der Waals surface area contributed by atoms with Crippen molar-refractivity contribution in [3.63, 3.8) is 0 Å². The van der Waals surface area contributed by atoms with E-state index < -0.39 is 0 Å². The molecule has 0 N–H and O–H groups in total. The van der Waals surface area contributed by atoms with Crippen molar-refractivity contribution in [2.45, 2.75) is 38.1 Å². The second kappa shape index (κ2) is 7.28. The van der Waals surface area contributed by atoms with Gasteiger partial charge in [-0.3, -0.25) is 19.5 Å². The molecule has 5 heteroatoms. The van der Waals surface area contributed by atoms with Crippen LogP contribution in [-0.2, 0) is 4.79 Å². The van der Waals surface area contributed by atoms with Crippen molar-refractivity contribution in [2.24, 2.45) is 0 Å². The smallest absolute Gasteiger partial charge is 0.260 e. The van der Waals surface area contributed by atoms with E-state index in [0.717, 1.165) is 31.6 Å². The van der Waals surface area contributed by atoms with E-state index in [4.69, 9.17) is 0 Å². The molecule has 1 atom stereocenters. The molecule has 0 spiro atoms. The summed E-state index contributed by atoms with van der Waals surface area (Å²) in [4.78, 5) is 34.1. The predicted octanol–water partition coefficient (Wildman–Crippen LogP) is 3.58. The molecule has 1 saturated heterocycles. The van der Waals surface area contributed by atoms with Gasteiger partial charge < -0.3 is 4.90 Å². The maximum absolute atomic E-state index is 13.0. The van der Waals surface area contributed by atoms with Crippen molar-refractivity contribution in [3.05, 3.63) is 59.9 Å². The van der Waals surface area contributed by atoms with E-state index in [1.165, 1.54) is 12.8 Å². The van der Waals surface area contributed by atoms with Gasteiger partial charge in [-0.25, -0.2) is 0 Å². The van der Waals surface area contributed by atoms with Crippen molar-refractivity contribution in [1.29, 1.82) is 0 Å². The van der Waals surface area contributed by atoms with Crippen LogP contribution in [0.2, 0.25) is 0 Å². The van der Waals surface area contributed by atoms with Crippen LogP contribution in [0.1, 0.15) is 54.2 Å². The molecule has 0 radical (unpaired) electrons. The fraction of sp³-hybridized carbons (Fsp3) is 0.381. The highest BCUT2D eigenvalue weighted by Crippen LogP contribution is 2.38. The summed E-state index contributed by atoms with van der Waals surface area (Å²) >= 11 is 0. The molecule has 2 aliphatic heterocycles. The van der Waals surface area contributed by atoms with Gasteiger partial charge in [0.2, 0.25) is 5.91 Å². The van der Waals surface area contributed by atoms with Crippen LogP contribution < -0.4 is 4.90 Å². The summed E-state index contributed by atoms with van der Waals surface area (Å²) < 4.78 is 0. The molecule has 5 nitrogen and oxygen atoms in total. The lowest BCUT2D eigenvalue weighted by Gasteiger charge is -2.27. The van der Waals surface area contributed by atoms with Gasteiger partial charge >= 0.3 is 0 Å². The first-order valence-electron chi connectivity index (χ1n) is 9.37. The number of amides is 2. The van der Waals surface area contributed by atoms with Gasteiger partial charge in [-0.15, -0.1) is 0 Å². The van der Waals surface area contributed by atoms with Gasteiger partial charge in [-0.1, -0.05) is 31.0 Å². The lowest BCUT2D eigenvalue weighted by Crippen LogP contribution is -2.36. The fourth-order valence-electron chi connectivity index (χ4n) is 3.95. The van der Waals surface area contributed by atoms with Gasteiger partial charge in [0, 0.05) is 25.0 Å². The Morgan fingerprint density at radius 2 is 1.73 bits per heavy atom. The zero-order valence-corrected chi connectivity index (χ0v) is 14.8. The molecule has 2 aromatic rings. The molecule has 0 unspecified atom stereocenters. The van der Waals surface area contributed by atoms with Gasteiger partial charge in [-0.05, 0) is 37.1 Å². The van der Waals surface area contributed by atoms with E-state index in [1.54, 1.807) is 23.2 Å². The van der Waals surface area contributed by atoms with Crippen LogP contribution in [0, 0.1) is 0 Å². The number of hydrogen-bond acceptors (Lipinski definition) is 3. The van der Waals surface area contributed by atoms with E-state index in [2.05, 4.69) is 4.98 Å². The zero-order chi connectivity index (χ0) is 17.9. The van der Waals surface area contributed by atoms with E-state index in [-0.39, 0.29) is 24.3 Å². The second-order valence-electron chi connectivity index (χ2n) is 6.96. The Hall–Kier alpha value is -2.69. The van der Waals surface area contributed by atoms with Crippen LogP contribution >= 0.6 is 0 Å². The summed E-state index contributed by atoms with van der Waals surface area (Å²) in [5, 5.41) is 0. The number of hydrogen-bond donors (Lipinski definition) is 0. The molecule has 2 amide bonds. The Balaban J connectivity index is 1.64. The zero-order valence-electron chi connectivity index (χ0n) is 14.8. The summed E-state index contributed by atoms with van der Waals surface area (Å²) in [5.74, 6) is 0.0390.